The van der Waals surface area contributed by atoms with Gasteiger partial charge < -0.3 is 19.4 Å². The lowest BCUT2D eigenvalue weighted by atomic mass is 9.60. The molecule has 1 spiro atoms. The van der Waals surface area contributed by atoms with E-state index in [1.54, 1.807) is 7.11 Å². The van der Waals surface area contributed by atoms with E-state index in [-0.39, 0.29) is 40.8 Å². The minimum absolute atomic E-state index is 0.00822. The van der Waals surface area contributed by atoms with Gasteiger partial charge in [0.1, 0.15) is 0 Å². The van der Waals surface area contributed by atoms with E-state index in [1.807, 2.05) is 29.0 Å². The number of nitrogens with zero attached hydrogens (tertiary/aromatic N) is 6. The Balaban J connectivity index is 1.23. The van der Waals surface area contributed by atoms with Crippen LogP contribution in [0.4, 0.5) is 5.82 Å². The lowest BCUT2D eigenvalue weighted by Crippen LogP contribution is -2.63. The van der Waals surface area contributed by atoms with Crippen molar-refractivity contribution in [3.63, 3.8) is 0 Å². The minimum Gasteiger partial charge on any atom is -0.378 e. The van der Waals surface area contributed by atoms with Gasteiger partial charge in [-0.1, -0.05) is 18.2 Å². The van der Waals surface area contributed by atoms with E-state index >= 15 is 0 Å². The van der Waals surface area contributed by atoms with Crippen LogP contribution in [-0.4, -0.2) is 93.1 Å². The van der Waals surface area contributed by atoms with Crippen molar-refractivity contribution in [1.29, 1.82) is 0 Å². The smallest absolute Gasteiger partial charge is 0.245 e. The molecule has 44 heavy (non-hydrogen) atoms. The van der Waals surface area contributed by atoms with E-state index in [4.69, 9.17) is 21.4 Å². The molecule has 11 heteroatoms. The Morgan fingerprint density at radius 1 is 1.14 bits per heavy atom. The van der Waals surface area contributed by atoms with Gasteiger partial charge in [0.2, 0.25) is 11.8 Å². The van der Waals surface area contributed by atoms with E-state index in [0.717, 1.165) is 84.4 Å². The number of aromatic amines is 1. The van der Waals surface area contributed by atoms with Gasteiger partial charge in [-0.15, -0.1) is 0 Å². The second-order valence-corrected chi connectivity index (χ2v) is 14.5. The number of halogens is 1. The molecule has 2 amide bonds. The fourth-order valence-corrected chi connectivity index (χ4v) is 8.49. The summed E-state index contributed by atoms with van der Waals surface area (Å²) in [5.41, 5.74) is 4.84. The highest BCUT2D eigenvalue weighted by Gasteiger charge is 2.55. The molecule has 3 aliphatic heterocycles. The molecule has 3 aromatic rings. The molecule has 4 aliphatic rings. The minimum atomic E-state index is -0.309. The first-order chi connectivity index (χ1) is 20.9. The zero-order valence-corrected chi connectivity index (χ0v) is 27.1. The van der Waals surface area contributed by atoms with Crippen molar-refractivity contribution in [2.24, 2.45) is 11.3 Å². The number of H-pyrrole nitrogens is 1. The third-order valence-electron chi connectivity index (χ3n) is 10.7. The standard InChI is InChI=1S/C33H42ClN7O3/c1-7-26(42)39-17-33(18-39)12-22(13-33)41-20(3)27(28-24-14-35-36-25(24)10-19(2)29(28)34)30(37-41)40-9-8-21(11-32(40,4)5)31(43)38-15-23(16-38)44-6/h7,10,14,21-23H,1,8-9,11-13,15-18H2,2-6H3,(H,35,36). The summed E-state index contributed by atoms with van der Waals surface area (Å²) in [7, 11) is 1.71. The predicted octanol–water partition coefficient (Wildman–Crippen LogP) is 4.90. The highest BCUT2D eigenvalue weighted by molar-refractivity contribution is 6.36. The first-order valence-corrected chi connectivity index (χ1v) is 16.1. The molecule has 4 fully saturated rings. The van der Waals surface area contributed by atoms with Gasteiger partial charge >= 0.3 is 0 Å². The van der Waals surface area contributed by atoms with Gasteiger partial charge in [0.15, 0.2) is 5.82 Å². The maximum absolute atomic E-state index is 13.4. The topological polar surface area (TPSA) is 99.6 Å². The zero-order valence-electron chi connectivity index (χ0n) is 26.3. The van der Waals surface area contributed by atoms with E-state index in [2.05, 4.69) is 47.1 Å². The van der Waals surface area contributed by atoms with Crippen LogP contribution < -0.4 is 4.90 Å². The molecule has 0 bridgehead atoms. The molecule has 0 radical (unpaired) electrons. The summed E-state index contributed by atoms with van der Waals surface area (Å²) in [6.07, 6.45) is 6.88. The van der Waals surface area contributed by atoms with Gasteiger partial charge in [-0.2, -0.15) is 10.2 Å². The van der Waals surface area contributed by atoms with Crippen LogP contribution in [0.5, 0.6) is 0 Å². The molecule has 5 heterocycles. The average molecular weight is 620 g/mol. The Bertz CT molecular complexity index is 1650. The lowest BCUT2D eigenvalue weighted by Gasteiger charge is -2.58. The summed E-state index contributed by atoms with van der Waals surface area (Å²) in [5.74, 6) is 1.13. The molecular weight excluding hydrogens is 578 g/mol. The first-order valence-electron chi connectivity index (χ1n) is 15.7. The Morgan fingerprint density at radius 2 is 1.86 bits per heavy atom. The zero-order chi connectivity index (χ0) is 31.1. The number of piperidine rings is 1. The molecule has 1 atom stereocenters. The summed E-state index contributed by atoms with van der Waals surface area (Å²) in [4.78, 5) is 31.7. The highest BCUT2D eigenvalue weighted by atomic mass is 35.5. The van der Waals surface area contributed by atoms with Crippen molar-refractivity contribution in [3.8, 4) is 11.1 Å². The second kappa shape index (κ2) is 10.3. The molecular formula is C33H42ClN7O3. The molecule has 1 N–H and O–H groups in total. The number of rotatable bonds is 6. The van der Waals surface area contributed by atoms with Crippen LogP contribution in [0.1, 0.15) is 56.8 Å². The number of likely N-dealkylation sites (tertiary alicyclic amines) is 2. The van der Waals surface area contributed by atoms with Crippen LogP contribution in [0.15, 0.2) is 24.9 Å². The van der Waals surface area contributed by atoms with E-state index < -0.39 is 0 Å². The van der Waals surface area contributed by atoms with Crippen molar-refractivity contribution in [1.82, 2.24) is 29.8 Å². The fraction of sp³-hybridized carbons (Fsp3) is 0.576. The fourth-order valence-electron chi connectivity index (χ4n) is 8.24. The van der Waals surface area contributed by atoms with Crippen molar-refractivity contribution < 1.29 is 14.3 Å². The van der Waals surface area contributed by atoms with Crippen molar-refractivity contribution >= 4 is 40.1 Å². The van der Waals surface area contributed by atoms with Crippen LogP contribution >= 0.6 is 11.6 Å². The quantitative estimate of drug-likeness (QED) is 0.394. The molecule has 1 aliphatic carbocycles. The van der Waals surface area contributed by atoms with Crippen LogP contribution in [0.2, 0.25) is 5.02 Å². The molecule has 3 saturated heterocycles. The van der Waals surface area contributed by atoms with E-state index in [1.165, 1.54) is 6.08 Å². The molecule has 7 rings (SSSR count). The number of carbonyl (C=O) groups is 2. The molecule has 1 saturated carbocycles. The molecule has 1 aromatic carbocycles. The van der Waals surface area contributed by atoms with E-state index in [0.29, 0.717) is 18.1 Å². The number of fused-ring (bicyclic) bond motifs is 1. The number of carbonyl (C=O) groups excluding carboxylic acids is 2. The van der Waals surface area contributed by atoms with Gasteiger partial charge in [0.05, 0.1) is 28.9 Å². The number of aromatic nitrogens is 4. The second-order valence-electron chi connectivity index (χ2n) is 14.2. The number of benzene rings is 1. The number of hydrogen-bond donors (Lipinski definition) is 1. The number of methoxy groups -OCH3 is 1. The number of ether oxygens (including phenoxy) is 1. The molecule has 1 unspecified atom stereocenters. The third-order valence-corrected chi connectivity index (χ3v) is 11.2. The Kier molecular flexibility index (Phi) is 6.90. The summed E-state index contributed by atoms with van der Waals surface area (Å²) in [6, 6.07) is 2.29. The van der Waals surface area contributed by atoms with Crippen molar-refractivity contribution in [3.05, 3.63) is 41.2 Å². The maximum Gasteiger partial charge on any atom is 0.245 e. The first kappa shape index (κ1) is 29.3. The number of anilines is 1. The van der Waals surface area contributed by atoms with E-state index in [9.17, 15) is 9.59 Å². The Morgan fingerprint density at radius 3 is 2.52 bits per heavy atom. The number of nitrogens with one attached hydrogen (secondary N) is 1. The Hall–Kier alpha value is -3.37. The summed E-state index contributed by atoms with van der Waals surface area (Å²) in [5, 5.41) is 14.6. The van der Waals surface area contributed by atoms with Gasteiger partial charge in [-0.3, -0.25) is 19.4 Å². The molecule has 10 nitrogen and oxygen atoms in total. The van der Waals surface area contributed by atoms with Crippen LogP contribution in [0.3, 0.4) is 0 Å². The lowest BCUT2D eigenvalue weighted by molar-refractivity contribution is -0.149. The number of aryl methyl sites for hydroxylation is 1. The van der Waals surface area contributed by atoms with Crippen LogP contribution in [-0.2, 0) is 14.3 Å². The Labute approximate surface area is 263 Å². The number of amides is 2. The van der Waals surface area contributed by atoms with Gasteiger partial charge in [0.25, 0.3) is 0 Å². The number of hydrogen-bond acceptors (Lipinski definition) is 6. The molecule has 2 aromatic heterocycles. The monoisotopic (exact) mass is 619 g/mol. The maximum atomic E-state index is 13.4. The summed E-state index contributed by atoms with van der Waals surface area (Å²) >= 11 is 7.13. The van der Waals surface area contributed by atoms with Crippen molar-refractivity contribution in [2.45, 2.75) is 71.1 Å². The van der Waals surface area contributed by atoms with Gasteiger partial charge in [-0.25, -0.2) is 0 Å². The predicted molar refractivity (Wildman–Crippen MR) is 171 cm³/mol. The summed E-state index contributed by atoms with van der Waals surface area (Å²) < 4.78 is 7.61. The molecule has 234 valence electrons. The SMILES string of the molecule is C=CC(=O)N1CC2(CC(n3nc(N4CCC(C(=O)N5CC(OC)C5)CC4(C)C)c(-c4c(Cl)c(C)cc5[nH]ncc45)c3C)C2)C1. The van der Waals surface area contributed by atoms with Gasteiger partial charge in [0, 0.05) is 78.9 Å². The normalized spacial score (nSPS) is 23.0. The van der Waals surface area contributed by atoms with Crippen molar-refractivity contribution in [2.75, 3.05) is 44.7 Å². The van der Waals surface area contributed by atoms with Crippen LogP contribution in [0.25, 0.3) is 22.0 Å². The average Bonchev–Trinajstić information content (AvgIpc) is 3.50. The van der Waals surface area contributed by atoms with Crippen LogP contribution in [0, 0.1) is 25.2 Å². The largest absolute Gasteiger partial charge is 0.378 e. The van der Waals surface area contributed by atoms with Gasteiger partial charge in [-0.05, 0) is 71.1 Å². The summed E-state index contributed by atoms with van der Waals surface area (Å²) in [6.45, 7) is 15.9. The highest BCUT2D eigenvalue weighted by Crippen LogP contribution is 2.56. The third kappa shape index (κ3) is 4.47.